The second-order valence-electron chi connectivity index (χ2n) is 7.91. The lowest BCUT2D eigenvalue weighted by molar-refractivity contribution is 0.136. The van der Waals surface area contributed by atoms with Crippen LogP contribution in [0.4, 0.5) is 11.8 Å². The molecule has 152 valence electrons. The fraction of sp³-hybridized carbons (Fsp3) is 0.500. The van der Waals surface area contributed by atoms with Gasteiger partial charge in [0.1, 0.15) is 17.3 Å². The summed E-state index contributed by atoms with van der Waals surface area (Å²) in [5.41, 5.74) is 6.91. The van der Waals surface area contributed by atoms with E-state index in [0.717, 1.165) is 36.2 Å². The van der Waals surface area contributed by atoms with E-state index in [1.807, 2.05) is 12.3 Å². The summed E-state index contributed by atoms with van der Waals surface area (Å²) in [6.07, 6.45) is 8.47. The first-order valence-corrected chi connectivity index (χ1v) is 10.1. The summed E-state index contributed by atoms with van der Waals surface area (Å²) in [5.74, 6) is 1.28. The molecular weight excluding hydrogens is 366 g/mol. The van der Waals surface area contributed by atoms with Crippen LogP contribution in [0.2, 0.25) is 0 Å². The minimum atomic E-state index is 0.144. The zero-order valence-electron chi connectivity index (χ0n) is 16.6. The average Bonchev–Trinajstić information content (AvgIpc) is 3.21. The smallest absolute Gasteiger partial charge is 0.232 e. The first-order chi connectivity index (χ1) is 14.0. The van der Waals surface area contributed by atoms with Gasteiger partial charge < -0.3 is 21.4 Å². The number of hydrogen-bond donors (Lipinski definition) is 5. The average molecular weight is 393 g/mol. The van der Waals surface area contributed by atoms with Crippen LogP contribution in [-0.4, -0.2) is 50.4 Å². The predicted octanol–water partition coefficient (Wildman–Crippen LogP) is 2.53. The Kier molecular flexibility index (Phi) is 5.36. The summed E-state index contributed by atoms with van der Waals surface area (Å²) in [4.78, 5) is 14.7. The van der Waals surface area contributed by atoms with Gasteiger partial charge >= 0.3 is 0 Å². The van der Waals surface area contributed by atoms with Crippen LogP contribution in [0.15, 0.2) is 24.0 Å². The molecule has 9 heteroatoms. The molecule has 3 atom stereocenters. The van der Waals surface area contributed by atoms with Crippen molar-refractivity contribution in [3.63, 3.8) is 0 Å². The lowest BCUT2D eigenvalue weighted by atomic mass is 9.97. The molecule has 2 saturated heterocycles. The van der Waals surface area contributed by atoms with Crippen LogP contribution in [0.1, 0.15) is 39.0 Å². The fourth-order valence-corrected chi connectivity index (χ4v) is 4.62. The van der Waals surface area contributed by atoms with E-state index in [1.54, 1.807) is 6.92 Å². The van der Waals surface area contributed by atoms with Crippen molar-refractivity contribution in [1.29, 1.82) is 10.7 Å². The molecule has 4 heterocycles. The topological polar surface area (TPSA) is 143 Å². The van der Waals surface area contributed by atoms with Gasteiger partial charge in [0.05, 0.1) is 11.5 Å². The van der Waals surface area contributed by atoms with Gasteiger partial charge in [0.25, 0.3) is 0 Å². The molecule has 29 heavy (non-hydrogen) atoms. The van der Waals surface area contributed by atoms with E-state index < -0.39 is 0 Å². The van der Waals surface area contributed by atoms with E-state index in [1.165, 1.54) is 18.9 Å². The second kappa shape index (κ2) is 8.09. The van der Waals surface area contributed by atoms with Gasteiger partial charge in [0, 0.05) is 43.0 Å². The Labute approximate surface area is 169 Å². The van der Waals surface area contributed by atoms with Gasteiger partial charge in [0.15, 0.2) is 0 Å². The van der Waals surface area contributed by atoms with Crippen molar-refractivity contribution in [3.8, 4) is 6.07 Å². The molecule has 2 aromatic heterocycles. The maximum absolute atomic E-state index is 8.92. The molecule has 2 aliphatic rings. The normalized spacial score (nSPS) is 24.4. The van der Waals surface area contributed by atoms with Gasteiger partial charge in [-0.05, 0) is 44.7 Å². The molecule has 2 fully saturated rings. The van der Waals surface area contributed by atoms with E-state index in [2.05, 4.69) is 36.6 Å². The molecule has 0 amide bonds. The summed E-state index contributed by atoms with van der Waals surface area (Å²) < 4.78 is 0. The number of allylic oxidation sites excluding steroid dienone is 1. The number of nitrogens with zero attached hydrogens (tertiary/aromatic N) is 4. The van der Waals surface area contributed by atoms with Gasteiger partial charge in [-0.15, -0.1) is 0 Å². The Morgan fingerprint density at radius 1 is 1.41 bits per heavy atom. The van der Waals surface area contributed by atoms with Crippen molar-refractivity contribution in [2.45, 2.75) is 57.2 Å². The number of aromatic nitrogens is 3. The van der Waals surface area contributed by atoms with E-state index >= 15 is 0 Å². The van der Waals surface area contributed by atoms with Crippen LogP contribution in [0.3, 0.4) is 0 Å². The number of piperidine rings is 1. The highest BCUT2D eigenvalue weighted by Gasteiger charge is 2.40. The molecule has 2 aromatic rings. The number of amidine groups is 1. The highest BCUT2D eigenvalue weighted by molar-refractivity contribution is 6.01. The Morgan fingerprint density at radius 3 is 2.86 bits per heavy atom. The number of nitriles is 1. The molecular formula is C20H27N9. The van der Waals surface area contributed by atoms with E-state index in [9.17, 15) is 0 Å². The monoisotopic (exact) mass is 393 g/mol. The summed E-state index contributed by atoms with van der Waals surface area (Å²) >= 11 is 0. The van der Waals surface area contributed by atoms with Crippen LogP contribution in [0, 0.1) is 16.7 Å². The summed E-state index contributed by atoms with van der Waals surface area (Å²) in [6, 6.07) is 5.64. The zero-order valence-corrected chi connectivity index (χ0v) is 16.6. The fourth-order valence-electron chi connectivity index (χ4n) is 4.62. The first kappa shape index (κ1) is 19.2. The number of aromatic amines is 1. The molecule has 0 spiro atoms. The largest absolute Gasteiger partial charge is 0.402 e. The third-order valence-corrected chi connectivity index (χ3v) is 5.74. The van der Waals surface area contributed by atoms with Crippen molar-refractivity contribution in [1.82, 2.24) is 19.9 Å². The number of H-pyrrole nitrogens is 1. The number of hydrogen-bond acceptors (Lipinski definition) is 7. The van der Waals surface area contributed by atoms with Gasteiger partial charge in [-0.1, -0.05) is 0 Å². The molecule has 0 saturated carbocycles. The summed E-state index contributed by atoms with van der Waals surface area (Å²) in [6.45, 7) is 2.61. The SMILES string of the molecule is C/C(N)=C/C(=N)Nc1nc(N[C@@H]2C[C@H]3CC[C@@H](C2)N3CCC#N)c2cc[nH]c2n1. The zero-order chi connectivity index (χ0) is 20.4. The first-order valence-electron chi connectivity index (χ1n) is 10.1. The van der Waals surface area contributed by atoms with Crippen LogP contribution in [0.25, 0.3) is 11.0 Å². The minimum absolute atomic E-state index is 0.144. The Balaban J connectivity index is 1.51. The predicted molar refractivity (Wildman–Crippen MR) is 114 cm³/mol. The maximum atomic E-state index is 8.92. The molecule has 9 nitrogen and oxygen atoms in total. The van der Waals surface area contributed by atoms with Crippen LogP contribution in [-0.2, 0) is 0 Å². The van der Waals surface area contributed by atoms with E-state index in [0.29, 0.717) is 36.2 Å². The van der Waals surface area contributed by atoms with Crippen molar-refractivity contribution in [2.24, 2.45) is 5.73 Å². The molecule has 6 N–H and O–H groups in total. The standard InChI is InChI=1S/C20H27N9/c1-12(22)9-17(23)26-20-27-18-16(5-7-24-18)19(28-20)25-13-10-14-3-4-15(11-13)29(14)8-2-6-21/h5,7,9,13-15H,2-4,8,10-11,22H2,1H3,(H4,23,24,25,26,27,28)/b12-9-/t13-,14-,15+. The third-order valence-electron chi connectivity index (χ3n) is 5.74. The van der Waals surface area contributed by atoms with Crippen molar-refractivity contribution in [2.75, 3.05) is 17.2 Å². The third kappa shape index (κ3) is 4.17. The van der Waals surface area contributed by atoms with Gasteiger partial charge in [-0.2, -0.15) is 15.2 Å². The maximum Gasteiger partial charge on any atom is 0.232 e. The van der Waals surface area contributed by atoms with E-state index in [4.69, 9.17) is 16.4 Å². The molecule has 0 aromatic carbocycles. The number of nitrogens with two attached hydrogens (primary N) is 1. The molecule has 4 rings (SSSR count). The van der Waals surface area contributed by atoms with Crippen molar-refractivity contribution in [3.05, 3.63) is 24.0 Å². The molecule has 2 aliphatic heterocycles. The quantitative estimate of drug-likeness (QED) is 0.375. The Morgan fingerprint density at radius 2 is 2.17 bits per heavy atom. The molecule has 2 bridgehead atoms. The molecule has 0 radical (unpaired) electrons. The Bertz CT molecular complexity index is 952. The molecule has 0 aliphatic carbocycles. The van der Waals surface area contributed by atoms with Crippen LogP contribution < -0.4 is 16.4 Å². The van der Waals surface area contributed by atoms with Gasteiger partial charge in [-0.25, -0.2) is 0 Å². The van der Waals surface area contributed by atoms with Crippen molar-refractivity contribution >= 4 is 28.6 Å². The van der Waals surface area contributed by atoms with Gasteiger partial charge in [-0.3, -0.25) is 10.3 Å². The minimum Gasteiger partial charge on any atom is -0.402 e. The van der Waals surface area contributed by atoms with Gasteiger partial charge in [0.2, 0.25) is 5.95 Å². The highest BCUT2D eigenvalue weighted by atomic mass is 15.2. The number of rotatable bonds is 6. The lowest BCUT2D eigenvalue weighted by Gasteiger charge is -2.39. The summed E-state index contributed by atoms with van der Waals surface area (Å²) in [7, 11) is 0. The Hall–Kier alpha value is -3.12. The van der Waals surface area contributed by atoms with Crippen LogP contribution >= 0.6 is 0 Å². The number of fused-ring (bicyclic) bond motifs is 3. The van der Waals surface area contributed by atoms with E-state index in [-0.39, 0.29) is 5.84 Å². The second-order valence-corrected chi connectivity index (χ2v) is 7.91. The number of nitrogens with one attached hydrogen (secondary N) is 4. The lowest BCUT2D eigenvalue weighted by Crippen LogP contribution is -2.47. The van der Waals surface area contributed by atoms with Crippen molar-refractivity contribution < 1.29 is 0 Å². The van der Waals surface area contributed by atoms with Crippen LogP contribution in [0.5, 0.6) is 0 Å². The molecule has 0 unspecified atom stereocenters. The number of anilines is 2. The highest BCUT2D eigenvalue weighted by Crippen LogP contribution is 2.37. The summed E-state index contributed by atoms with van der Waals surface area (Å²) in [5, 5.41) is 24.4.